The molecule has 2 rings (SSSR count). The minimum atomic E-state index is -3.61. The molecule has 0 aliphatic heterocycles. The van der Waals surface area contributed by atoms with Crippen LogP contribution in [0.2, 0.25) is 0 Å². The van der Waals surface area contributed by atoms with Crippen molar-refractivity contribution in [1.82, 2.24) is 0 Å². The van der Waals surface area contributed by atoms with Gasteiger partial charge in [-0.1, -0.05) is 25.1 Å². The summed E-state index contributed by atoms with van der Waals surface area (Å²) >= 11 is 0. The molecule has 0 aliphatic rings. The summed E-state index contributed by atoms with van der Waals surface area (Å²) in [6, 6.07) is 12.9. The van der Waals surface area contributed by atoms with Crippen LogP contribution in [-0.2, 0) is 21.2 Å². The van der Waals surface area contributed by atoms with Crippen LogP contribution in [0.15, 0.2) is 42.5 Å². The molecule has 146 valence electrons. The van der Waals surface area contributed by atoms with Gasteiger partial charge >= 0.3 is 0 Å². The van der Waals surface area contributed by atoms with Crippen molar-refractivity contribution in [2.75, 3.05) is 41.4 Å². The lowest BCUT2D eigenvalue weighted by Gasteiger charge is -2.23. The molecule has 0 atom stereocenters. The fourth-order valence-electron chi connectivity index (χ4n) is 2.83. The highest BCUT2D eigenvalue weighted by molar-refractivity contribution is 7.92. The van der Waals surface area contributed by atoms with Gasteiger partial charge in [-0.25, -0.2) is 8.42 Å². The van der Waals surface area contributed by atoms with Crippen LogP contribution < -0.4 is 14.5 Å². The zero-order valence-electron chi connectivity index (χ0n) is 16.5. The minimum absolute atomic E-state index is 0.280. The van der Waals surface area contributed by atoms with Crippen molar-refractivity contribution < 1.29 is 13.2 Å². The summed E-state index contributed by atoms with van der Waals surface area (Å²) in [4.78, 5) is 14.5. The number of anilines is 3. The molecule has 1 N–H and O–H groups in total. The molecular formula is C20H27N3O3S. The van der Waals surface area contributed by atoms with E-state index in [0.29, 0.717) is 5.69 Å². The summed E-state index contributed by atoms with van der Waals surface area (Å²) in [6.07, 6.45) is 1.88. The second kappa shape index (κ2) is 8.43. The van der Waals surface area contributed by atoms with Crippen molar-refractivity contribution in [2.45, 2.75) is 20.3 Å². The summed E-state index contributed by atoms with van der Waals surface area (Å²) in [5.74, 6) is -0.374. The molecule has 0 fully saturated rings. The Bertz CT molecular complexity index is 907. The van der Waals surface area contributed by atoms with E-state index in [2.05, 4.69) is 5.32 Å². The van der Waals surface area contributed by atoms with E-state index < -0.39 is 10.0 Å². The van der Waals surface area contributed by atoms with Crippen LogP contribution in [0.5, 0.6) is 0 Å². The molecule has 0 aromatic heterocycles. The van der Waals surface area contributed by atoms with Crippen molar-refractivity contribution in [1.29, 1.82) is 0 Å². The van der Waals surface area contributed by atoms with Crippen LogP contribution >= 0.6 is 0 Å². The van der Waals surface area contributed by atoms with Gasteiger partial charge in [-0.3, -0.25) is 9.10 Å². The van der Waals surface area contributed by atoms with Crippen LogP contribution in [-0.4, -0.2) is 41.2 Å². The number of amides is 1. The number of rotatable bonds is 7. The normalized spacial score (nSPS) is 11.1. The first-order valence-corrected chi connectivity index (χ1v) is 10.6. The SMILES string of the molecule is CCc1cccc(C)c1NC(=O)CN(c1ccc(N(C)C)cc1)S(C)(=O)=O. The standard InChI is InChI=1S/C20H27N3O3S/c1-6-16-9-7-8-15(2)20(16)21-19(24)14-23(27(5,25)26)18-12-10-17(11-13-18)22(3)4/h7-13H,6,14H2,1-5H3,(H,21,24). The van der Waals surface area contributed by atoms with Crippen LogP contribution in [0.4, 0.5) is 17.1 Å². The number of nitrogens with one attached hydrogen (secondary N) is 1. The topological polar surface area (TPSA) is 69.7 Å². The molecule has 0 unspecified atom stereocenters. The minimum Gasteiger partial charge on any atom is -0.378 e. The van der Waals surface area contributed by atoms with E-state index in [1.165, 1.54) is 0 Å². The molecule has 2 aromatic carbocycles. The molecule has 2 aromatic rings. The number of hydrogen-bond donors (Lipinski definition) is 1. The largest absolute Gasteiger partial charge is 0.378 e. The molecule has 0 spiro atoms. The number of aryl methyl sites for hydroxylation is 2. The molecule has 0 aliphatic carbocycles. The molecular weight excluding hydrogens is 362 g/mol. The van der Waals surface area contributed by atoms with Gasteiger partial charge < -0.3 is 10.2 Å². The maximum Gasteiger partial charge on any atom is 0.245 e. The first-order chi connectivity index (χ1) is 12.6. The van der Waals surface area contributed by atoms with Crippen molar-refractivity contribution in [2.24, 2.45) is 0 Å². The Morgan fingerprint density at radius 2 is 1.63 bits per heavy atom. The third-order valence-corrected chi connectivity index (χ3v) is 5.49. The van der Waals surface area contributed by atoms with Crippen LogP contribution in [0.3, 0.4) is 0 Å². The van der Waals surface area contributed by atoms with Gasteiger partial charge in [-0.15, -0.1) is 0 Å². The van der Waals surface area contributed by atoms with Gasteiger partial charge in [0.05, 0.1) is 11.9 Å². The Morgan fingerprint density at radius 3 is 2.15 bits per heavy atom. The Kier molecular flexibility index (Phi) is 6.49. The monoisotopic (exact) mass is 389 g/mol. The van der Waals surface area contributed by atoms with Crippen LogP contribution in [0.1, 0.15) is 18.1 Å². The molecule has 0 heterocycles. The maximum atomic E-state index is 12.6. The average Bonchev–Trinajstić information content (AvgIpc) is 2.60. The maximum absolute atomic E-state index is 12.6. The second-order valence-corrected chi connectivity index (χ2v) is 8.60. The van der Waals surface area contributed by atoms with Gasteiger partial charge in [0.1, 0.15) is 6.54 Å². The summed E-state index contributed by atoms with van der Waals surface area (Å²) in [5.41, 5.74) is 4.12. The third-order valence-electron chi connectivity index (χ3n) is 4.35. The molecule has 0 saturated carbocycles. The number of benzene rings is 2. The van der Waals surface area contributed by atoms with E-state index in [1.54, 1.807) is 12.1 Å². The third kappa shape index (κ3) is 5.23. The van der Waals surface area contributed by atoms with Gasteiger partial charge in [-0.2, -0.15) is 0 Å². The quantitative estimate of drug-likeness (QED) is 0.790. The predicted molar refractivity (Wildman–Crippen MR) is 112 cm³/mol. The number of hydrogen-bond acceptors (Lipinski definition) is 4. The Hall–Kier alpha value is -2.54. The number of sulfonamides is 1. The molecule has 0 saturated heterocycles. The Morgan fingerprint density at radius 1 is 1.04 bits per heavy atom. The Labute approximate surface area is 161 Å². The zero-order chi connectivity index (χ0) is 20.2. The van der Waals surface area contributed by atoms with Gasteiger partial charge in [-0.05, 0) is 48.7 Å². The first kappa shape index (κ1) is 20.8. The summed E-state index contributed by atoms with van der Waals surface area (Å²) in [7, 11) is 0.209. The van der Waals surface area contributed by atoms with E-state index in [9.17, 15) is 13.2 Å². The number of carbonyl (C=O) groups excluding carboxylic acids is 1. The van der Waals surface area contributed by atoms with Crippen molar-refractivity contribution in [3.63, 3.8) is 0 Å². The average molecular weight is 390 g/mol. The summed E-state index contributed by atoms with van der Waals surface area (Å²) in [6.45, 7) is 3.65. The predicted octanol–water partition coefficient (Wildman–Crippen LogP) is 3.03. The Balaban J connectivity index is 2.26. The fourth-order valence-corrected chi connectivity index (χ4v) is 3.68. The first-order valence-electron chi connectivity index (χ1n) is 8.77. The summed E-state index contributed by atoms with van der Waals surface area (Å²) < 4.78 is 25.6. The lowest BCUT2D eigenvalue weighted by molar-refractivity contribution is -0.114. The summed E-state index contributed by atoms with van der Waals surface area (Å²) in [5, 5.41) is 2.88. The molecule has 27 heavy (non-hydrogen) atoms. The highest BCUT2D eigenvalue weighted by atomic mass is 32.2. The second-order valence-electron chi connectivity index (χ2n) is 6.69. The molecule has 7 heteroatoms. The number of nitrogens with zero attached hydrogens (tertiary/aromatic N) is 2. The lowest BCUT2D eigenvalue weighted by atomic mass is 10.1. The van der Waals surface area contributed by atoms with E-state index in [-0.39, 0.29) is 12.5 Å². The number of para-hydroxylation sites is 1. The fraction of sp³-hybridized carbons (Fsp3) is 0.350. The molecule has 0 bridgehead atoms. The van der Waals surface area contributed by atoms with Crippen LogP contribution in [0.25, 0.3) is 0 Å². The van der Waals surface area contributed by atoms with E-state index in [0.717, 1.165) is 39.5 Å². The molecule has 1 amide bonds. The van der Waals surface area contributed by atoms with E-state index in [4.69, 9.17) is 0 Å². The van der Waals surface area contributed by atoms with Crippen LogP contribution in [0, 0.1) is 6.92 Å². The highest BCUT2D eigenvalue weighted by Crippen LogP contribution is 2.23. The van der Waals surface area contributed by atoms with E-state index >= 15 is 0 Å². The lowest BCUT2D eigenvalue weighted by Crippen LogP contribution is -2.37. The molecule has 6 nitrogen and oxygen atoms in total. The smallest absolute Gasteiger partial charge is 0.245 e. The van der Waals surface area contributed by atoms with Gasteiger partial charge in [0.25, 0.3) is 0 Å². The van der Waals surface area contributed by atoms with E-state index in [1.807, 2.05) is 63.2 Å². The molecule has 0 radical (unpaired) electrons. The van der Waals surface area contributed by atoms with Crippen molar-refractivity contribution >= 4 is 33.0 Å². The van der Waals surface area contributed by atoms with Gasteiger partial charge in [0, 0.05) is 25.5 Å². The number of carbonyl (C=O) groups is 1. The highest BCUT2D eigenvalue weighted by Gasteiger charge is 2.21. The van der Waals surface area contributed by atoms with Gasteiger partial charge in [0.2, 0.25) is 15.9 Å². The van der Waals surface area contributed by atoms with Crippen molar-refractivity contribution in [3.8, 4) is 0 Å². The zero-order valence-corrected chi connectivity index (χ0v) is 17.3. The van der Waals surface area contributed by atoms with Gasteiger partial charge in [0.15, 0.2) is 0 Å². The van der Waals surface area contributed by atoms with Crippen molar-refractivity contribution in [3.05, 3.63) is 53.6 Å².